The van der Waals surface area contributed by atoms with E-state index in [0.717, 1.165) is 5.01 Å². The number of aromatic nitrogens is 2. The number of benzene rings is 1. The van der Waals surface area contributed by atoms with Crippen molar-refractivity contribution in [3.8, 4) is 0 Å². The van der Waals surface area contributed by atoms with Crippen molar-refractivity contribution in [3.05, 3.63) is 34.8 Å². The van der Waals surface area contributed by atoms with Crippen molar-refractivity contribution in [3.63, 3.8) is 0 Å². The van der Waals surface area contributed by atoms with E-state index in [1.807, 2.05) is 20.8 Å². The van der Waals surface area contributed by atoms with Crippen LogP contribution in [0.1, 0.15) is 49.0 Å². The SMILES string of the molecule is CN1C(=O)c2ccccc2N2C(=O)CCC12C(=O)Nc1nnc(C(C)(C)C)s1. The largest absolute Gasteiger partial charge is 0.310 e. The molecule has 28 heavy (non-hydrogen) atoms. The summed E-state index contributed by atoms with van der Waals surface area (Å²) < 4.78 is 0. The van der Waals surface area contributed by atoms with Crippen LogP contribution >= 0.6 is 11.3 Å². The van der Waals surface area contributed by atoms with Gasteiger partial charge in [-0.15, -0.1) is 10.2 Å². The standard InChI is InChI=1S/C19H21N5O3S/c1-18(2,3)16-21-22-17(28-16)20-15(27)19-10-9-13(25)24(19)12-8-6-5-7-11(12)14(26)23(19)4/h5-8H,9-10H2,1-4H3,(H,20,22,27). The number of hydrogen-bond acceptors (Lipinski definition) is 6. The Hall–Kier alpha value is -2.81. The van der Waals surface area contributed by atoms with Crippen LogP contribution in [0.15, 0.2) is 24.3 Å². The molecule has 0 saturated carbocycles. The van der Waals surface area contributed by atoms with E-state index in [1.54, 1.807) is 31.3 Å². The zero-order chi connectivity index (χ0) is 20.3. The molecule has 2 aliphatic rings. The van der Waals surface area contributed by atoms with E-state index in [2.05, 4.69) is 15.5 Å². The summed E-state index contributed by atoms with van der Waals surface area (Å²) in [7, 11) is 1.56. The van der Waals surface area contributed by atoms with Crippen LogP contribution in [0.4, 0.5) is 10.8 Å². The van der Waals surface area contributed by atoms with Gasteiger partial charge in [-0.3, -0.25) is 24.6 Å². The Labute approximate surface area is 166 Å². The molecule has 1 fully saturated rings. The molecule has 1 atom stereocenters. The molecule has 1 aromatic carbocycles. The average molecular weight is 399 g/mol. The number of rotatable bonds is 2. The van der Waals surface area contributed by atoms with Crippen molar-refractivity contribution in [2.75, 3.05) is 17.3 Å². The summed E-state index contributed by atoms with van der Waals surface area (Å²) in [6, 6.07) is 6.87. The van der Waals surface area contributed by atoms with Crippen LogP contribution in [0, 0.1) is 0 Å². The van der Waals surface area contributed by atoms with Gasteiger partial charge in [0.1, 0.15) is 5.01 Å². The van der Waals surface area contributed by atoms with Gasteiger partial charge < -0.3 is 4.90 Å². The Kier molecular flexibility index (Phi) is 4.04. The lowest BCUT2D eigenvalue weighted by Crippen LogP contribution is -2.68. The maximum atomic E-state index is 13.4. The number of likely N-dealkylation sites (N-methyl/N-ethyl adjacent to an activating group) is 1. The van der Waals surface area contributed by atoms with Crippen LogP contribution in [0.5, 0.6) is 0 Å². The minimum absolute atomic E-state index is 0.183. The molecule has 9 heteroatoms. The average Bonchev–Trinajstić information content (AvgIpc) is 3.25. The summed E-state index contributed by atoms with van der Waals surface area (Å²) in [4.78, 5) is 41.8. The minimum Gasteiger partial charge on any atom is -0.310 e. The van der Waals surface area contributed by atoms with Gasteiger partial charge in [0.15, 0.2) is 0 Å². The Morgan fingerprint density at radius 2 is 1.93 bits per heavy atom. The van der Waals surface area contributed by atoms with Crippen LogP contribution in [0.2, 0.25) is 0 Å². The number of nitrogens with one attached hydrogen (secondary N) is 1. The van der Waals surface area contributed by atoms with Gasteiger partial charge >= 0.3 is 0 Å². The number of fused-ring (bicyclic) bond motifs is 3. The molecule has 0 aliphatic carbocycles. The first-order valence-corrected chi connectivity index (χ1v) is 9.83. The topological polar surface area (TPSA) is 95.5 Å². The van der Waals surface area contributed by atoms with E-state index >= 15 is 0 Å². The van der Waals surface area contributed by atoms with Gasteiger partial charge in [-0.2, -0.15) is 0 Å². The first-order chi connectivity index (χ1) is 13.2. The van der Waals surface area contributed by atoms with Crippen LogP contribution in [0.3, 0.4) is 0 Å². The maximum absolute atomic E-state index is 13.4. The summed E-state index contributed by atoms with van der Waals surface area (Å²) in [6.45, 7) is 6.04. The van der Waals surface area contributed by atoms with Crippen LogP contribution in [0.25, 0.3) is 0 Å². The van der Waals surface area contributed by atoms with Crippen molar-refractivity contribution in [1.82, 2.24) is 15.1 Å². The lowest BCUT2D eigenvalue weighted by atomic mass is 9.96. The van der Waals surface area contributed by atoms with Gasteiger partial charge in [0.2, 0.25) is 16.7 Å². The molecule has 1 aromatic heterocycles. The molecule has 2 aliphatic heterocycles. The molecule has 0 bridgehead atoms. The highest BCUT2D eigenvalue weighted by Crippen LogP contribution is 2.44. The number of para-hydroxylation sites is 1. The third kappa shape index (κ3) is 2.53. The van der Waals surface area contributed by atoms with Crippen molar-refractivity contribution in [2.45, 2.75) is 44.7 Å². The van der Waals surface area contributed by atoms with Crippen LogP contribution in [-0.4, -0.2) is 45.5 Å². The summed E-state index contributed by atoms with van der Waals surface area (Å²) in [5.41, 5.74) is -0.716. The number of anilines is 2. The molecule has 1 N–H and O–H groups in total. The second-order valence-electron chi connectivity index (χ2n) is 8.04. The fourth-order valence-corrected chi connectivity index (χ4v) is 4.50. The van der Waals surface area contributed by atoms with E-state index in [9.17, 15) is 14.4 Å². The predicted molar refractivity (Wildman–Crippen MR) is 105 cm³/mol. The molecule has 146 valence electrons. The molecule has 1 unspecified atom stereocenters. The molecule has 3 heterocycles. The minimum atomic E-state index is -1.41. The number of carbonyl (C=O) groups is 3. The highest BCUT2D eigenvalue weighted by atomic mass is 32.1. The van der Waals surface area contributed by atoms with E-state index in [4.69, 9.17) is 0 Å². The number of carbonyl (C=O) groups excluding carboxylic acids is 3. The van der Waals surface area contributed by atoms with E-state index in [1.165, 1.54) is 21.1 Å². The quantitative estimate of drug-likeness (QED) is 0.837. The van der Waals surface area contributed by atoms with Crippen LogP contribution in [-0.2, 0) is 15.0 Å². The van der Waals surface area contributed by atoms with Crippen molar-refractivity contribution in [1.29, 1.82) is 0 Å². The molecule has 8 nitrogen and oxygen atoms in total. The van der Waals surface area contributed by atoms with Crippen LogP contribution < -0.4 is 10.2 Å². The molecular formula is C19H21N5O3S. The van der Waals surface area contributed by atoms with Gasteiger partial charge in [-0.25, -0.2) is 0 Å². The van der Waals surface area contributed by atoms with Gasteiger partial charge in [0, 0.05) is 25.3 Å². The lowest BCUT2D eigenvalue weighted by Gasteiger charge is -2.47. The van der Waals surface area contributed by atoms with Crippen molar-refractivity contribution < 1.29 is 14.4 Å². The number of nitrogens with zero attached hydrogens (tertiary/aromatic N) is 4. The number of hydrogen-bond donors (Lipinski definition) is 1. The summed E-state index contributed by atoms with van der Waals surface area (Å²) >= 11 is 1.29. The van der Waals surface area contributed by atoms with Crippen molar-refractivity contribution >= 4 is 39.9 Å². The summed E-state index contributed by atoms with van der Waals surface area (Å²) in [5, 5.41) is 12.1. The zero-order valence-electron chi connectivity index (χ0n) is 16.1. The maximum Gasteiger partial charge on any atom is 0.273 e. The monoisotopic (exact) mass is 399 g/mol. The molecule has 4 rings (SSSR count). The van der Waals surface area contributed by atoms with E-state index in [-0.39, 0.29) is 30.1 Å². The van der Waals surface area contributed by atoms with Gasteiger partial charge in [0.05, 0.1) is 11.3 Å². The number of amides is 3. The Balaban J connectivity index is 1.74. The normalized spacial score (nSPS) is 21.6. The molecule has 0 radical (unpaired) electrons. The second-order valence-corrected chi connectivity index (χ2v) is 9.02. The zero-order valence-corrected chi connectivity index (χ0v) is 17.0. The first-order valence-electron chi connectivity index (χ1n) is 9.02. The molecule has 3 amide bonds. The molecule has 2 aromatic rings. The Bertz CT molecular complexity index is 995. The third-order valence-electron chi connectivity index (χ3n) is 5.19. The highest BCUT2D eigenvalue weighted by Gasteiger charge is 2.59. The fourth-order valence-electron chi connectivity index (χ4n) is 3.70. The molecule has 0 spiro atoms. The Morgan fingerprint density at radius 3 is 2.61 bits per heavy atom. The highest BCUT2D eigenvalue weighted by molar-refractivity contribution is 7.15. The first kappa shape index (κ1) is 18.5. The lowest BCUT2D eigenvalue weighted by molar-refractivity contribution is -0.128. The smallest absolute Gasteiger partial charge is 0.273 e. The Morgan fingerprint density at radius 1 is 1.21 bits per heavy atom. The molecule has 1 saturated heterocycles. The van der Waals surface area contributed by atoms with E-state index in [0.29, 0.717) is 16.4 Å². The predicted octanol–water partition coefficient (Wildman–Crippen LogP) is 2.38. The summed E-state index contributed by atoms with van der Waals surface area (Å²) in [5.74, 6) is -0.931. The third-order valence-corrected chi connectivity index (χ3v) is 6.46. The molecular weight excluding hydrogens is 378 g/mol. The van der Waals surface area contributed by atoms with Gasteiger partial charge in [-0.05, 0) is 12.1 Å². The van der Waals surface area contributed by atoms with Crippen molar-refractivity contribution in [2.24, 2.45) is 0 Å². The fraction of sp³-hybridized carbons (Fsp3) is 0.421. The van der Waals surface area contributed by atoms with E-state index < -0.39 is 11.6 Å². The van der Waals surface area contributed by atoms with Gasteiger partial charge in [0.25, 0.3) is 11.8 Å². The van der Waals surface area contributed by atoms with Gasteiger partial charge in [-0.1, -0.05) is 44.2 Å². The second kappa shape index (κ2) is 6.10. The summed E-state index contributed by atoms with van der Waals surface area (Å²) in [6.07, 6.45) is 0.405.